The van der Waals surface area contributed by atoms with Crippen molar-refractivity contribution in [1.82, 2.24) is 5.16 Å². The number of amides is 1. The molecule has 1 heterocycles. The number of para-hydroxylation sites is 1. The smallest absolute Gasteiger partial charge is 0.303 e. The second-order valence-corrected chi connectivity index (χ2v) is 4.17. The maximum Gasteiger partial charge on any atom is 0.303 e. The molecule has 0 saturated heterocycles. The molecule has 0 aliphatic heterocycles. The number of rotatable bonds is 6. The van der Waals surface area contributed by atoms with Gasteiger partial charge in [-0.05, 0) is 18.6 Å². The van der Waals surface area contributed by atoms with E-state index in [-0.39, 0.29) is 18.0 Å². The van der Waals surface area contributed by atoms with E-state index in [0.717, 1.165) is 0 Å². The van der Waals surface area contributed by atoms with Gasteiger partial charge in [-0.1, -0.05) is 23.4 Å². The monoisotopic (exact) mass is 274 g/mol. The summed E-state index contributed by atoms with van der Waals surface area (Å²) in [6.45, 7) is 0.308. The van der Waals surface area contributed by atoms with Crippen LogP contribution in [0.3, 0.4) is 0 Å². The molecule has 0 fully saturated rings. The fourth-order valence-electron chi connectivity index (χ4n) is 1.81. The molecule has 0 atom stereocenters. The number of carbonyl (C=O) groups excluding carboxylic acids is 1. The minimum absolute atomic E-state index is 0.00935. The predicted octanol–water partition coefficient (Wildman–Crippen LogP) is 2.19. The van der Waals surface area contributed by atoms with Gasteiger partial charge in [0.1, 0.15) is 6.26 Å². The highest BCUT2D eigenvalue weighted by Crippen LogP contribution is 2.17. The van der Waals surface area contributed by atoms with Gasteiger partial charge in [0.15, 0.2) is 5.69 Å². The average molecular weight is 274 g/mol. The Kier molecular flexibility index (Phi) is 4.49. The number of benzene rings is 1. The van der Waals surface area contributed by atoms with E-state index in [1.807, 2.05) is 18.2 Å². The lowest BCUT2D eigenvalue weighted by atomic mass is 10.2. The fraction of sp³-hybridized carbons (Fsp3) is 0.214. The van der Waals surface area contributed by atoms with Crippen molar-refractivity contribution in [2.75, 3.05) is 11.4 Å². The minimum Gasteiger partial charge on any atom is -0.481 e. The van der Waals surface area contributed by atoms with E-state index in [4.69, 9.17) is 5.11 Å². The zero-order valence-corrected chi connectivity index (χ0v) is 10.7. The van der Waals surface area contributed by atoms with Crippen LogP contribution in [0.1, 0.15) is 23.3 Å². The highest BCUT2D eigenvalue weighted by molar-refractivity contribution is 6.04. The van der Waals surface area contributed by atoms with Crippen LogP contribution in [0.25, 0.3) is 0 Å². The van der Waals surface area contributed by atoms with Gasteiger partial charge in [0.25, 0.3) is 5.91 Å². The summed E-state index contributed by atoms with van der Waals surface area (Å²) in [5.74, 6) is -1.19. The number of hydrogen-bond acceptors (Lipinski definition) is 4. The van der Waals surface area contributed by atoms with Crippen LogP contribution in [0.2, 0.25) is 0 Å². The maximum absolute atomic E-state index is 12.3. The Hall–Kier alpha value is -2.63. The van der Waals surface area contributed by atoms with Crippen molar-refractivity contribution in [3.05, 3.63) is 48.4 Å². The number of hydrogen-bond donors (Lipinski definition) is 1. The van der Waals surface area contributed by atoms with Crippen molar-refractivity contribution in [2.45, 2.75) is 12.8 Å². The van der Waals surface area contributed by atoms with E-state index in [1.54, 1.807) is 12.1 Å². The molecule has 0 radical (unpaired) electrons. The van der Waals surface area contributed by atoms with E-state index in [0.29, 0.717) is 18.7 Å². The lowest BCUT2D eigenvalue weighted by molar-refractivity contribution is -0.137. The number of aliphatic carboxylic acids is 1. The Labute approximate surface area is 115 Å². The number of nitrogens with zero attached hydrogens (tertiary/aromatic N) is 2. The van der Waals surface area contributed by atoms with Crippen LogP contribution in [0, 0.1) is 0 Å². The zero-order valence-electron chi connectivity index (χ0n) is 10.7. The van der Waals surface area contributed by atoms with Crippen molar-refractivity contribution < 1.29 is 19.2 Å². The normalized spacial score (nSPS) is 10.2. The molecule has 0 bridgehead atoms. The molecule has 0 aliphatic carbocycles. The lowest BCUT2D eigenvalue weighted by Gasteiger charge is -2.21. The Morgan fingerprint density at radius 3 is 2.55 bits per heavy atom. The summed E-state index contributed by atoms with van der Waals surface area (Å²) < 4.78 is 4.67. The standard InChI is InChI=1S/C14H14N2O4/c17-13(18)7-4-9-16(11-5-2-1-3-6-11)14(19)12-8-10-20-15-12/h1-3,5-6,8,10H,4,7,9H2,(H,17,18). The predicted molar refractivity (Wildman–Crippen MR) is 71.5 cm³/mol. The molecule has 0 aliphatic rings. The summed E-state index contributed by atoms with van der Waals surface area (Å²) in [6, 6.07) is 10.5. The van der Waals surface area contributed by atoms with Crippen LogP contribution in [-0.4, -0.2) is 28.7 Å². The number of anilines is 1. The first-order chi connectivity index (χ1) is 9.68. The van der Waals surface area contributed by atoms with Gasteiger partial charge in [0.2, 0.25) is 0 Å². The Morgan fingerprint density at radius 1 is 1.20 bits per heavy atom. The molecule has 0 saturated carbocycles. The van der Waals surface area contributed by atoms with Gasteiger partial charge in [0, 0.05) is 24.7 Å². The quantitative estimate of drug-likeness (QED) is 0.872. The van der Waals surface area contributed by atoms with Crippen molar-refractivity contribution in [3.63, 3.8) is 0 Å². The first-order valence-corrected chi connectivity index (χ1v) is 6.17. The van der Waals surface area contributed by atoms with E-state index in [2.05, 4.69) is 9.68 Å². The molecule has 1 N–H and O–H groups in total. The van der Waals surface area contributed by atoms with Crippen LogP contribution >= 0.6 is 0 Å². The van der Waals surface area contributed by atoms with Crippen LogP contribution in [0.5, 0.6) is 0 Å². The second-order valence-electron chi connectivity index (χ2n) is 4.17. The van der Waals surface area contributed by atoms with Crippen molar-refractivity contribution in [2.24, 2.45) is 0 Å². The average Bonchev–Trinajstić information content (AvgIpc) is 2.98. The Morgan fingerprint density at radius 2 is 1.95 bits per heavy atom. The first-order valence-electron chi connectivity index (χ1n) is 6.17. The molecule has 1 amide bonds. The summed E-state index contributed by atoms with van der Waals surface area (Å²) in [6.07, 6.45) is 1.71. The summed E-state index contributed by atoms with van der Waals surface area (Å²) in [5.41, 5.74) is 0.898. The highest BCUT2D eigenvalue weighted by Gasteiger charge is 2.19. The summed E-state index contributed by atoms with van der Waals surface area (Å²) in [5, 5.41) is 12.3. The number of aromatic nitrogens is 1. The summed E-state index contributed by atoms with van der Waals surface area (Å²) >= 11 is 0. The van der Waals surface area contributed by atoms with Gasteiger partial charge in [-0.3, -0.25) is 9.59 Å². The molecular formula is C14H14N2O4. The molecular weight excluding hydrogens is 260 g/mol. The Bertz CT molecular complexity index is 566. The fourth-order valence-corrected chi connectivity index (χ4v) is 1.81. The molecule has 2 aromatic rings. The SMILES string of the molecule is O=C(O)CCCN(C(=O)c1ccon1)c1ccccc1. The van der Waals surface area contributed by atoms with Crippen LogP contribution in [0.15, 0.2) is 47.2 Å². The van der Waals surface area contributed by atoms with E-state index < -0.39 is 5.97 Å². The third-order valence-electron chi connectivity index (χ3n) is 2.74. The van der Waals surface area contributed by atoms with E-state index >= 15 is 0 Å². The molecule has 0 unspecified atom stereocenters. The van der Waals surface area contributed by atoms with Crippen LogP contribution in [0.4, 0.5) is 5.69 Å². The van der Waals surface area contributed by atoms with Crippen molar-refractivity contribution in [3.8, 4) is 0 Å². The van der Waals surface area contributed by atoms with Crippen molar-refractivity contribution >= 4 is 17.6 Å². The van der Waals surface area contributed by atoms with Crippen LogP contribution < -0.4 is 4.90 Å². The van der Waals surface area contributed by atoms with E-state index in [1.165, 1.54) is 17.2 Å². The number of carboxylic acids is 1. The topological polar surface area (TPSA) is 83.6 Å². The first kappa shape index (κ1) is 13.8. The molecule has 1 aromatic carbocycles. The summed E-state index contributed by atoms with van der Waals surface area (Å²) in [7, 11) is 0. The largest absolute Gasteiger partial charge is 0.481 e. The zero-order chi connectivity index (χ0) is 14.4. The molecule has 1 aromatic heterocycles. The van der Waals surface area contributed by atoms with E-state index in [9.17, 15) is 9.59 Å². The second kappa shape index (κ2) is 6.51. The molecule has 6 heteroatoms. The molecule has 0 spiro atoms. The third kappa shape index (κ3) is 3.44. The van der Waals surface area contributed by atoms with Gasteiger partial charge >= 0.3 is 5.97 Å². The van der Waals surface area contributed by atoms with Gasteiger partial charge in [-0.25, -0.2) is 0 Å². The van der Waals surface area contributed by atoms with Gasteiger partial charge in [0.05, 0.1) is 0 Å². The van der Waals surface area contributed by atoms with Gasteiger partial charge in [-0.15, -0.1) is 0 Å². The number of carboxylic acid groups (broad SMARTS) is 1. The Balaban J connectivity index is 2.16. The molecule has 104 valence electrons. The van der Waals surface area contributed by atoms with Gasteiger partial charge in [-0.2, -0.15) is 0 Å². The van der Waals surface area contributed by atoms with Crippen LogP contribution in [-0.2, 0) is 4.79 Å². The molecule has 6 nitrogen and oxygen atoms in total. The molecule has 20 heavy (non-hydrogen) atoms. The molecule has 2 rings (SSSR count). The summed E-state index contributed by atoms with van der Waals surface area (Å²) in [4.78, 5) is 24.4. The highest BCUT2D eigenvalue weighted by atomic mass is 16.5. The van der Waals surface area contributed by atoms with Crippen molar-refractivity contribution in [1.29, 1.82) is 0 Å². The number of carbonyl (C=O) groups is 2. The lowest BCUT2D eigenvalue weighted by Crippen LogP contribution is -2.32. The third-order valence-corrected chi connectivity index (χ3v) is 2.74. The maximum atomic E-state index is 12.3. The minimum atomic E-state index is -0.883. The van der Waals surface area contributed by atoms with Gasteiger partial charge < -0.3 is 14.5 Å².